The number of nitrogens with two attached hydrogens (primary N) is 1. The van der Waals surface area contributed by atoms with Crippen molar-refractivity contribution in [1.29, 1.82) is 0 Å². The molecule has 3 N–H and O–H groups in total. The predicted molar refractivity (Wildman–Crippen MR) is 81.8 cm³/mol. The first kappa shape index (κ1) is 15.1. The lowest BCUT2D eigenvalue weighted by molar-refractivity contribution is 0.318. The number of oxime groups is 1. The topological polar surface area (TPSA) is 61.8 Å². The molecule has 0 bridgehead atoms. The van der Waals surface area contributed by atoms with Crippen molar-refractivity contribution < 1.29 is 9.60 Å². The first-order chi connectivity index (χ1) is 9.45. The average molecular weight is 344 g/mol. The maximum Gasteiger partial charge on any atom is 0.171 e. The van der Waals surface area contributed by atoms with E-state index in [0.29, 0.717) is 23.2 Å². The molecule has 0 spiro atoms. The monoisotopic (exact) mass is 343 g/mol. The van der Waals surface area contributed by atoms with Gasteiger partial charge >= 0.3 is 0 Å². The van der Waals surface area contributed by atoms with Crippen LogP contribution in [0.5, 0.6) is 0 Å². The molecule has 1 aromatic rings. The van der Waals surface area contributed by atoms with Crippen molar-refractivity contribution in [3.8, 4) is 0 Å². The minimum Gasteiger partial charge on any atom is -0.409 e. The zero-order valence-corrected chi connectivity index (χ0v) is 13.2. The molecule has 6 heteroatoms. The number of halogens is 2. The summed E-state index contributed by atoms with van der Waals surface area (Å²) in [4.78, 5) is 2.08. The van der Waals surface area contributed by atoms with Crippen molar-refractivity contribution in [3.05, 3.63) is 28.0 Å². The molecule has 2 atom stereocenters. The van der Waals surface area contributed by atoms with E-state index >= 15 is 0 Å². The fourth-order valence-electron chi connectivity index (χ4n) is 2.78. The van der Waals surface area contributed by atoms with E-state index in [0.717, 1.165) is 19.4 Å². The van der Waals surface area contributed by atoms with E-state index < -0.39 is 0 Å². The second-order valence-corrected chi connectivity index (χ2v) is 6.21. The Morgan fingerprint density at radius 3 is 2.80 bits per heavy atom. The Kier molecular flexibility index (Phi) is 4.52. The third-order valence-electron chi connectivity index (χ3n) is 3.89. The Balaban J connectivity index is 2.37. The van der Waals surface area contributed by atoms with Crippen LogP contribution in [0.4, 0.5) is 10.1 Å². The van der Waals surface area contributed by atoms with Crippen LogP contribution in [0.25, 0.3) is 0 Å². The number of hydrogen-bond acceptors (Lipinski definition) is 3. The fourth-order valence-corrected chi connectivity index (χ4v) is 3.32. The van der Waals surface area contributed by atoms with Crippen LogP contribution >= 0.6 is 15.9 Å². The molecule has 2 unspecified atom stereocenters. The molecule has 0 radical (unpaired) electrons. The molecule has 0 aromatic heterocycles. The molecule has 1 heterocycles. The molecule has 1 fully saturated rings. The van der Waals surface area contributed by atoms with Gasteiger partial charge in [0.05, 0.1) is 10.2 Å². The highest BCUT2D eigenvalue weighted by Gasteiger charge is 2.26. The number of nitrogens with zero attached hydrogens (tertiary/aromatic N) is 2. The molecule has 1 saturated heterocycles. The molecule has 1 aromatic carbocycles. The van der Waals surface area contributed by atoms with E-state index in [9.17, 15) is 4.39 Å². The zero-order valence-electron chi connectivity index (χ0n) is 11.6. The van der Waals surface area contributed by atoms with Gasteiger partial charge in [0.2, 0.25) is 0 Å². The van der Waals surface area contributed by atoms with E-state index in [1.165, 1.54) is 0 Å². The van der Waals surface area contributed by atoms with Crippen LogP contribution in [0, 0.1) is 11.7 Å². The first-order valence-electron chi connectivity index (χ1n) is 6.68. The maximum atomic E-state index is 14.5. The maximum absolute atomic E-state index is 14.5. The van der Waals surface area contributed by atoms with E-state index in [1.807, 2.05) is 0 Å². The van der Waals surface area contributed by atoms with Crippen LogP contribution in [-0.4, -0.2) is 23.6 Å². The molecular formula is C14H19BrFN3O. The van der Waals surface area contributed by atoms with Gasteiger partial charge in [0.25, 0.3) is 0 Å². The fraction of sp³-hybridized carbons (Fsp3) is 0.500. The summed E-state index contributed by atoms with van der Waals surface area (Å²) in [6, 6.07) is 3.66. The second-order valence-electron chi connectivity index (χ2n) is 5.42. The molecule has 110 valence electrons. The van der Waals surface area contributed by atoms with Gasteiger partial charge in [0.1, 0.15) is 0 Å². The van der Waals surface area contributed by atoms with Gasteiger partial charge in [0.15, 0.2) is 11.7 Å². The van der Waals surface area contributed by atoms with Crippen molar-refractivity contribution in [1.82, 2.24) is 0 Å². The number of benzene rings is 1. The van der Waals surface area contributed by atoms with Crippen molar-refractivity contribution in [3.63, 3.8) is 0 Å². The Labute approximate surface area is 126 Å². The highest BCUT2D eigenvalue weighted by Crippen LogP contribution is 2.34. The van der Waals surface area contributed by atoms with Crippen LogP contribution in [0.15, 0.2) is 21.8 Å². The minimum absolute atomic E-state index is 0.109. The summed E-state index contributed by atoms with van der Waals surface area (Å²) in [5.41, 5.74) is 6.44. The molecule has 0 amide bonds. The lowest BCUT2D eigenvalue weighted by atomic mass is 9.93. The summed E-state index contributed by atoms with van der Waals surface area (Å²) in [6.07, 6.45) is 2.11. The third kappa shape index (κ3) is 2.75. The van der Waals surface area contributed by atoms with Gasteiger partial charge < -0.3 is 15.8 Å². The summed E-state index contributed by atoms with van der Waals surface area (Å²) >= 11 is 3.20. The van der Waals surface area contributed by atoms with E-state index in [4.69, 9.17) is 10.9 Å². The van der Waals surface area contributed by atoms with Gasteiger partial charge in [-0.3, -0.25) is 0 Å². The second kappa shape index (κ2) is 5.99. The van der Waals surface area contributed by atoms with Crippen LogP contribution in [0.2, 0.25) is 0 Å². The first-order valence-corrected chi connectivity index (χ1v) is 7.47. The normalized spacial score (nSPS) is 24.0. The van der Waals surface area contributed by atoms with E-state index in [2.05, 4.69) is 39.8 Å². The molecule has 1 aliphatic rings. The average Bonchev–Trinajstić information content (AvgIpc) is 2.42. The molecule has 20 heavy (non-hydrogen) atoms. The standard InChI is InChI=1S/C14H19BrFN3O/c1-8-5-6-19(9(2)7-8)11-4-3-10(14(17)18-20)12(15)13(11)16/h3-4,8-9,20H,5-7H2,1-2H3,(H2,17,18). The van der Waals surface area contributed by atoms with Crippen LogP contribution in [-0.2, 0) is 0 Å². The van der Waals surface area contributed by atoms with Crippen molar-refractivity contribution in [2.75, 3.05) is 11.4 Å². The largest absolute Gasteiger partial charge is 0.409 e. The van der Waals surface area contributed by atoms with Crippen molar-refractivity contribution >= 4 is 27.5 Å². The molecule has 4 nitrogen and oxygen atoms in total. The Hall–Kier alpha value is -1.30. The number of amidine groups is 1. The molecule has 0 aliphatic carbocycles. The zero-order chi connectivity index (χ0) is 14.9. The quantitative estimate of drug-likeness (QED) is 0.375. The predicted octanol–water partition coefficient (Wildman–Crippen LogP) is 3.31. The van der Waals surface area contributed by atoms with Gasteiger partial charge in [-0.25, -0.2) is 4.39 Å². The summed E-state index contributed by atoms with van der Waals surface area (Å²) < 4.78 is 14.8. The van der Waals surface area contributed by atoms with Crippen molar-refractivity contribution in [2.45, 2.75) is 32.7 Å². The highest BCUT2D eigenvalue weighted by atomic mass is 79.9. The number of rotatable bonds is 2. The smallest absolute Gasteiger partial charge is 0.171 e. The number of hydrogen-bond donors (Lipinski definition) is 2. The minimum atomic E-state index is -0.365. The van der Waals surface area contributed by atoms with Crippen LogP contribution in [0.1, 0.15) is 32.3 Å². The van der Waals surface area contributed by atoms with Crippen molar-refractivity contribution in [2.24, 2.45) is 16.8 Å². The Bertz CT molecular complexity index is 535. The van der Waals surface area contributed by atoms with Gasteiger partial charge in [-0.05, 0) is 53.7 Å². The third-order valence-corrected chi connectivity index (χ3v) is 4.67. The van der Waals surface area contributed by atoms with E-state index in [-0.39, 0.29) is 16.1 Å². The summed E-state index contributed by atoms with van der Waals surface area (Å²) in [7, 11) is 0. The van der Waals surface area contributed by atoms with E-state index in [1.54, 1.807) is 12.1 Å². The lowest BCUT2D eigenvalue weighted by Gasteiger charge is -2.38. The highest BCUT2D eigenvalue weighted by molar-refractivity contribution is 9.10. The van der Waals surface area contributed by atoms with Gasteiger partial charge in [-0.15, -0.1) is 0 Å². The van der Waals surface area contributed by atoms with Gasteiger partial charge in [-0.2, -0.15) is 0 Å². The summed E-state index contributed by atoms with van der Waals surface area (Å²) in [5.74, 6) is 0.197. The van der Waals surface area contributed by atoms with Crippen LogP contribution in [0.3, 0.4) is 0 Å². The summed E-state index contributed by atoms with van der Waals surface area (Å²) in [6.45, 7) is 5.18. The SMILES string of the molecule is CC1CCN(c2ccc(/C(N)=N/O)c(Br)c2F)C(C)C1. The summed E-state index contributed by atoms with van der Waals surface area (Å²) in [5, 5.41) is 11.6. The Morgan fingerprint density at radius 1 is 1.50 bits per heavy atom. The van der Waals surface area contributed by atoms with Gasteiger partial charge in [-0.1, -0.05) is 12.1 Å². The molecule has 0 saturated carbocycles. The Morgan fingerprint density at radius 2 is 2.20 bits per heavy atom. The number of anilines is 1. The number of piperidine rings is 1. The molecule has 1 aliphatic heterocycles. The van der Waals surface area contributed by atoms with Crippen LogP contribution < -0.4 is 10.6 Å². The molecular weight excluding hydrogens is 325 g/mol. The van der Waals surface area contributed by atoms with Gasteiger partial charge in [0, 0.05) is 18.2 Å². The lowest BCUT2D eigenvalue weighted by Crippen LogP contribution is -2.40. The molecule has 2 rings (SSSR count).